The van der Waals surface area contributed by atoms with Crippen LogP contribution < -0.4 is 10.1 Å². The van der Waals surface area contributed by atoms with E-state index in [1.165, 1.54) is 11.4 Å². The molecule has 1 amide bonds. The molecule has 2 aromatic rings. The minimum atomic E-state index is -3.81. The van der Waals surface area contributed by atoms with E-state index in [4.69, 9.17) is 9.47 Å². The molecule has 0 radical (unpaired) electrons. The minimum Gasteiger partial charge on any atom is -0.495 e. The summed E-state index contributed by atoms with van der Waals surface area (Å²) in [5.41, 5.74) is 1.75. The van der Waals surface area contributed by atoms with Crippen LogP contribution in [0.2, 0.25) is 0 Å². The van der Waals surface area contributed by atoms with Crippen LogP contribution >= 0.6 is 0 Å². The van der Waals surface area contributed by atoms with Crippen LogP contribution in [0.5, 0.6) is 5.75 Å². The zero-order chi connectivity index (χ0) is 25.2. The first kappa shape index (κ1) is 25.2. The summed E-state index contributed by atoms with van der Waals surface area (Å²) in [7, 11) is -2.37. The zero-order valence-electron chi connectivity index (χ0n) is 20.4. The molecule has 2 aromatic carbocycles. The quantitative estimate of drug-likeness (QED) is 0.556. The predicted octanol–water partition coefficient (Wildman–Crippen LogP) is 3.64. The van der Waals surface area contributed by atoms with E-state index in [2.05, 4.69) is 5.32 Å². The lowest BCUT2D eigenvalue weighted by molar-refractivity contribution is -0.146. The number of ether oxygens (including phenoxy) is 2. The van der Waals surface area contributed by atoms with Gasteiger partial charge in [0.25, 0.3) is 0 Å². The van der Waals surface area contributed by atoms with Gasteiger partial charge in [-0.15, -0.1) is 0 Å². The second-order valence-electron chi connectivity index (χ2n) is 9.23. The Morgan fingerprint density at radius 1 is 1.14 bits per heavy atom. The van der Waals surface area contributed by atoms with Crippen LogP contribution in [-0.4, -0.2) is 51.4 Å². The van der Waals surface area contributed by atoms with E-state index in [-0.39, 0.29) is 23.3 Å². The fraction of sp³-hybridized carbons (Fsp3) is 0.462. The number of sulfonamides is 1. The summed E-state index contributed by atoms with van der Waals surface area (Å²) in [6, 6.07) is 12.3. The molecule has 1 saturated carbocycles. The average molecular weight is 501 g/mol. The van der Waals surface area contributed by atoms with E-state index >= 15 is 0 Å². The van der Waals surface area contributed by atoms with Gasteiger partial charge in [0.05, 0.1) is 25.0 Å². The normalized spacial score (nSPS) is 19.6. The van der Waals surface area contributed by atoms with E-state index in [1.807, 2.05) is 19.1 Å². The molecule has 1 heterocycles. The van der Waals surface area contributed by atoms with E-state index in [0.717, 1.165) is 24.0 Å². The molecule has 1 N–H and O–H groups in total. The van der Waals surface area contributed by atoms with E-state index in [1.54, 1.807) is 37.3 Å². The summed E-state index contributed by atoms with van der Waals surface area (Å²) >= 11 is 0. The maximum absolute atomic E-state index is 13.4. The topological polar surface area (TPSA) is 102 Å². The van der Waals surface area contributed by atoms with Gasteiger partial charge >= 0.3 is 5.97 Å². The second-order valence-corrected chi connectivity index (χ2v) is 11.1. The average Bonchev–Trinajstić information content (AvgIpc) is 3.67. The SMILES string of the molecule is CCOC(=O)C1(c2ccc(NC(=O)[C@H]3CCCN(S(=O)(=O)c4cc(C)ccc4OC)C3)cc2)CC1. The molecule has 188 valence electrons. The smallest absolute Gasteiger partial charge is 0.316 e. The molecule has 0 bridgehead atoms. The molecule has 8 nitrogen and oxygen atoms in total. The summed E-state index contributed by atoms with van der Waals surface area (Å²) in [4.78, 5) is 25.4. The highest BCUT2D eigenvalue weighted by Crippen LogP contribution is 2.49. The van der Waals surface area contributed by atoms with Crippen molar-refractivity contribution in [1.82, 2.24) is 4.31 Å². The third-order valence-corrected chi connectivity index (χ3v) is 8.70. The van der Waals surface area contributed by atoms with Crippen molar-refractivity contribution in [2.45, 2.75) is 49.8 Å². The first-order chi connectivity index (χ1) is 16.7. The summed E-state index contributed by atoms with van der Waals surface area (Å²) in [5, 5.41) is 2.91. The number of hydrogen-bond acceptors (Lipinski definition) is 6. The van der Waals surface area contributed by atoms with Gasteiger partial charge in [-0.3, -0.25) is 9.59 Å². The number of methoxy groups -OCH3 is 1. The Hall–Kier alpha value is -2.91. The maximum atomic E-state index is 13.4. The molecule has 35 heavy (non-hydrogen) atoms. The number of nitrogens with one attached hydrogen (secondary N) is 1. The molecule has 0 aromatic heterocycles. The zero-order valence-corrected chi connectivity index (χ0v) is 21.2. The van der Waals surface area contributed by atoms with Gasteiger partial charge in [-0.25, -0.2) is 8.42 Å². The summed E-state index contributed by atoms with van der Waals surface area (Å²) in [6.45, 7) is 4.43. The van der Waals surface area contributed by atoms with Crippen LogP contribution in [0.1, 0.15) is 43.7 Å². The molecule has 2 aliphatic rings. The number of carbonyl (C=O) groups excluding carboxylic acids is 2. The van der Waals surface area contributed by atoms with E-state index in [0.29, 0.717) is 37.4 Å². The fourth-order valence-electron chi connectivity index (χ4n) is 4.62. The van der Waals surface area contributed by atoms with Crippen LogP contribution in [0.4, 0.5) is 5.69 Å². The van der Waals surface area contributed by atoms with Crippen LogP contribution in [0.15, 0.2) is 47.4 Å². The summed E-state index contributed by atoms with van der Waals surface area (Å²) in [6.07, 6.45) is 2.71. The van der Waals surface area contributed by atoms with Gasteiger partial charge in [0.2, 0.25) is 15.9 Å². The number of aryl methyl sites for hydroxylation is 1. The molecular weight excluding hydrogens is 468 g/mol. The van der Waals surface area contributed by atoms with E-state index < -0.39 is 21.4 Å². The van der Waals surface area contributed by atoms with Gasteiger partial charge < -0.3 is 14.8 Å². The highest BCUT2D eigenvalue weighted by molar-refractivity contribution is 7.89. The van der Waals surface area contributed by atoms with Gasteiger partial charge in [-0.1, -0.05) is 18.2 Å². The molecule has 1 saturated heterocycles. The summed E-state index contributed by atoms with van der Waals surface area (Å²) < 4.78 is 38.6. The van der Waals surface area contributed by atoms with Crippen molar-refractivity contribution in [3.05, 3.63) is 53.6 Å². The third-order valence-electron chi connectivity index (χ3n) is 6.81. The fourth-order valence-corrected chi connectivity index (χ4v) is 6.39. The molecule has 2 fully saturated rings. The molecule has 1 aliphatic heterocycles. The number of esters is 1. The minimum absolute atomic E-state index is 0.106. The van der Waals surface area contributed by atoms with Gasteiger partial charge in [-0.05, 0) is 74.9 Å². The molecule has 1 aliphatic carbocycles. The predicted molar refractivity (Wildman–Crippen MR) is 132 cm³/mol. The Balaban J connectivity index is 1.44. The van der Waals surface area contributed by atoms with Crippen molar-refractivity contribution in [3.8, 4) is 5.75 Å². The highest BCUT2D eigenvalue weighted by Gasteiger charge is 2.52. The lowest BCUT2D eigenvalue weighted by Crippen LogP contribution is -2.43. The molecule has 9 heteroatoms. The summed E-state index contributed by atoms with van der Waals surface area (Å²) in [5.74, 6) is -0.604. The van der Waals surface area contributed by atoms with Crippen molar-refractivity contribution < 1.29 is 27.5 Å². The number of benzene rings is 2. The Labute approximate surface area is 206 Å². The number of rotatable bonds is 8. The van der Waals surface area contributed by atoms with Gasteiger partial charge in [-0.2, -0.15) is 4.31 Å². The van der Waals surface area contributed by atoms with Crippen LogP contribution in [0, 0.1) is 12.8 Å². The van der Waals surface area contributed by atoms with Crippen molar-refractivity contribution in [2.24, 2.45) is 5.92 Å². The lowest BCUT2D eigenvalue weighted by atomic mass is 9.95. The Kier molecular flexibility index (Phi) is 7.19. The van der Waals surface area contributed by atoms with Crippen LogP contribution in [-0.2, 0) is 29.8 Å². The number of piperidine rings is 1. The number of anilines is 1. The molecule has 4 rings (SSSR count). The lowest BCUT2D eigenvalue weighted by Gasteiger charge is -2.31. The largest absolute Gasteiger partial charge is 0.495 e. The van der Waals surface area contributed by atoms with E-state index in [9.17, 15) is 18.0 Å². The maximum Gasteiger partial charge on any atom is 0.316 e. The highest BCUT2D eigenvalue weighted by atomic mass is 32.2. The van der Waals surface area contributed by atoms with Crippen LogP contribution in [0.25, 0.3) is 0 Å². The van der Waals surface area contributed by atoms with Crippen molar-refractivity contribution >= 4 is 27.6 Å². The molecule has 0 unspecified atom stereocenters. The van der Waals surface area contributed by atoms with Crippen molar-refractivity contribution in [3.63, 3.8) is 0 Å². The van der Waals surface area contributed by atoms with Gasteiger partial charge in [0.1, 0.15) is 10.6 Å². The van der Waals surface area contributed by atoms with Gasteiger partial charge in [0.15, 0.2) is 0 Å². The Morgan fingerprint density at radius 3 is 2.49 bits per heavy atom. The number of nitrogens with zero attached hydrogens (tertiary/aromatic N) is 1. The number of carbonyl (C=O) groups is 2. The number of amides is 1. The van der Waals surface area contributed by atoms with Crippen LogP contribution in [0.3, 0.4) is 0 Å². The van der Waals surface area contributed by atoms with Gasteiger partial charge in [0, 0.05) is 18.8 Å². The Morgan fingerprint density at radius 2 is 1.86 bits per heavy atom. The van der Waals surface area contributed by atoms with Crippen molar-refractivity contribution in [2.75, 3.05) is 32.1 Å². The molecule has 1 atom stereocenters. The second kappa shape index (κ2) is 9.99. The monoisotopic (exact) mass is 500 g/mol. The Bertz CT molecular complexity index is 1200. The molecular formula is C26H32N2O6S. The first-order valence-corrected chi connectivity index (χ1v) is 13.4. The molecule has 0 spiro atoms. The van der Waals surface area contributed by atoms with Crippen molar-refractivity contribution in [1.29, 1.82) is 0 Å². The number of hydrogen-bond donors (Lipinski definition) is 1. The standard InChI is InChI=1S/C26H32N2O6S/c1-4-34-25(30)26(13-14-26)20-8-10-21(11-9-20)27-24(29)19-6-5-15-28(17-19)35(31,32)23-16-18(2)7-12-22(23)33-3/h7-12,16,19H,4-6,13-15,17H2,1-3H3,(H,27,29)/t19-/m0/s1. The third kappa shape index (κ3) is 5.06. The first-order valence-electron chi connectivity index (χ1n) is 11.9.